The van der Waals surface area contributed by atoms with Crippen LogP contribution in [0.1, 0.15) is 29.9 Å². The van der Waals surface area contributed by atoms with Gasteiger partial charge in [0.2, 0.25) is 0 Å². The molecule has 0 aliphatic carbocycles. The fourth-order valence-corrected chi connectivity index (χ4v) is 6.54. The van der Waals surface area contributed by atoms with E-state index in [0.29, 0.717) is 22.4 Å². The van der Waals surface area contributed by atoms with Gasteiger partial charge in [-0.2, -0.15) is 0 Å². The Hall–Kier alpha value is -0.500. The third kappa shape index (κ3) is 3.98. The van der Waals surface area contributed by atoms with Gasteiger partial charge in [-0.25, -0.2) is 9.97 Å². The van der Waals surface area contributed by atoms with Crippen molar-refractivity contribution in [2.45, 2.75) is 48.4 Å². The van der Waals surface area contributed by atoms with Crippen LogP contribution in [0.5, 0.6) is 0 Å². The number of nitrogens with zero attached hydrogens (tertiary/aromatic N) is 2. The SMILES string of the molecule is CSc1nc(SCc2c(Cl)cccc2Cl)c2c3c(sc2n1)COC(C)(C)C3. The van der Waals surface area contributed by atoms with Gasteiger partial charge >= 0.3 is 0 Å². The number of benzene rings is 1. The molecule has 0 unspecified atom stereocenters. The zero-order valence-corrected chi connectivity index (χ0v) is 19.1. The molecule has 0 N–H and O–H groups in total. The summed E-state index contributed by atoms with van der Waals surface area (Å²) in [5.41, 5.74) is 2.09. The average molecular weight is 457 g/mol. The van der Waals surface area contributed by atoms with E-state index in [0.717, 1.165) is 32.4 Å². The molecule has 8 heteroatoms. The second-order valence-electron chi connectivity index (χ2n) is 6.91. The molecule has 1 aliphatic heterocycles. The van der Waals surface area contributed by atoms with Gasteiger partial charge in [-0.05, 0) is 43.4 Å². The standard InChI is InChI=1S/C19H18Cl2N2OS3/c1-19(2)7-10-14(8-24-19)27-17-15(10)16(22-18(23-17)25-3)26-9-11-12(20)5-4-6-13(11)21/h4-6H,7-9H2,1-3H3. The van der Waals surface area contributed by atoms with Crippen LogP contribution in [0.15, 0.2) is 28.4 Å². The molecule has 0 saturated heterocycles. The number of thiophene rings is 1. The van der Waals surface area contributed by atoms with Crippen molar-refractivity contribution < 1.29 is 4.74 Å². The van der Waals surface area contributed by atoms with Gasteiger partial charge in [-0.1, -0.05) is 41.0 Å². The zero-order valence-electron chi connectivity index (χ0n) is 15.1. The summed E-state index contributed by atoms with van der Waals surface area (Å²) in [5.74, 6) is 0.670. The maximum Gasteiger partial charge on any atom is 0.189 e. The van der Waals surface area contributed by atoms with E-state index in [1.165, 1.54) is 10.4 Å². The number of thioether (sulfide) groups is 2. The third-order valence-electron chi connectivity index (χ3n) is 4.47. The van der Waals surface area contributed by atoms with Gasteiger partial charge in [0.1, 0.15) is 9.86 Å². The van der Waals surface area contributed by atoms with Crippen LogP contribution in [-0.2, 0) is 23.5 Å². The summed E-state index contributed by atoms with van der Waals surface area (Å²) >= 11 is 17.7. The Balaban J connectivity index is 1.78. The number of fused-ring (bicyclic) bond motifs is 3. The molecule has 3 nitrogen and oxygen atoms in total. The summed E-state index contributed by atoms with van der Waals surface area (Å²) in [4.78, 5) is 11.9. The van der Waals surface area contributed by atoms with Crippen molar-refractivity contribution in [1.82, 2.24) is 9.97 Å². The largest absolute Gasteiger partial charge is 0.370 e. The maximum atomic E-state index is 6.36. The molecule has 3 aromatic rings. The first-order valence-corrected chi connectivity index (χ1v) is 12.2. The molecular formula is C19H18Cl2N2OS3. The molecule has 2 aromatic heterocycles. The van der Waals surface area contributed by atoms with Crippen molar-refractivity contribution >= 4 is 68.3 Å². The summed E-state index contributed by atoms with van der Waals surface area (Å²) in [6.45, 7) is 4.90. The molecule has 0 fully saturated rings. The highest BCUT2D eigenvalue weighted by atomic mass is 35.5. The first-order chi connectivity index (χ1) is 12.9. The monoisotopic (exact) mass is 456 g/mol. The second-order valence-corrected chi connectivity index (χ2v) is 10.5. The Bertz CT molecular complexity index is 1000. The molecule has 3 heterocycles. The Kier molecular flexibility index (Phi) is 5.67. The number of hydrogen-bond acceptors (Lipinski definition) is 6. The lowest BCUT2D eigenvalue weighted by molar-refractivity contribution is -0.0379. The van der Waals surface area contributed by atoms with E-state index in [9.17, 15) is 0 Å². The molecule has 0 atom stereocenters. The normalized spacial score (nSPS) is 15.9. The van der Waals surface area contributed by atoms with Crippen LogP contribution in [0.25, 0.3) is 10.2 Å². The van der Waals surface area contributed by atoms with E-state index in [1.807, 2.05) is 24.5 Å². The van der Waals surface area contributed by atoms with Crippen molar-refractivity contribution in [2.24, 2.45) is 0 Å². The van der Waals surface area contributed by atoms with Crippen molar-refractivity contribution in [3.63, 3.8) is 0 Å². The van der Waals surface area contributed by atoms with E-state index in [1.54, 1.807) is 34.9 Å². The summed E-state index contributed by atoms with van der Waals surface area (Å²) in [5, 5.41) is 4.32. The molecule has 142 valence electrons. The number of hydrogen-bond donors (Lipinski definition) is 0. The van der Waals surface area contributed by atoms with Gasteiger partial charge < -0.3 is 4.74 Å². The molecular weight excluding hydrogens is 439 g/mol. The summed E-state index contributed by atoms with van der Waals surface area (Å²) in [6, 6.07) is 5.61. The van der Waals surface area contributed by atoms with Crippen LogP contribution < -0.4 is 0 Å². The van der Waals surface area contributed by atoms with Gasteiger partial charge in [-0.15, -0.1) is 23.1 Å². The number of halogens is 2. The highest BCUT2D eigenvalue weighted by Crippen LogP contribution is 2.43. The van der Waals surface area contributed by atoms with E-state index in [2.05, 4.69) is 13.8 Å². The topological polar surface area (TPSA) is 35.0 Å². The summed E-state index contributed by atoms with van der Waals surface area (Å²) < 4.78 is 5.99. The predicted molar refractivity (Wildman–Crippen MR) is 118 cm³/mol. The highest BCUT2D eigenvalue weighted by molar-refractivity contribution is 7.99. The molecule has 0 spiro atoms. The van der Waals surface area contributed by atoms with Gasteiger partial charge in [0, 0.05) is 32.5 Å². The van der Waals surface area contributed by atoms with E-state index >= 15 is 0 Å². The number of aromatic nitrogens is 2. The smallest absolute Gasteiger partial charge is 0.189 e. The van der Waals surface area contributed by atoms with Crippen LogP contribution >= 0.6 is 58.1 Å². The number of ether oxygens (including phenoxy) is 1. The molecule has 0 bridgehead atoms. The quantitative estimate of drug-likeness (QED) is 0.243. The molecule has 0 amide bonds. The minimum absolute atomic E-state index is 0.173. The van der Waals surface area contributed by atoms with Gasteiger partial charge in [-0.3, -0.25) is 0 Å². The zero-order chi connectivity index (χ0) is 19.2. The molecule has 1 aromatic carbocycles. The summed E-state index contributed by atoms with van der Waals surface area (Å²) in [7, 11) is 0. The molecule has 1 aliphatic rings. The Morgan fingerprint density at radius 3 is 2.67 bits per heavy atom. The predicted octanol–water partition coefficient (Wildman–Crippen LogP) is 6.86. The van der Waals surface area contributed by atoms with E-state index in [-0.39, 0.29) is 5.60 Å². The lowest BCUT2D eigenvalue weighted by Crippen LogP contribution is -2.31. The second kappa shape index (κ2) is 7.73. The minimum Gasteiger partial charge on any atom is -0.370 e. The molecule has 4 rings (SSSR count). The maximum absolute atomic E-state index is 6.36. The van der Waals surface area contributed by atoms with Crippen molar-refractivity contribution in [2.75, 3.05) is 6.26 Å². The van der Waals surface area contributed by atoms with Crippen LogP contribution in [0.4, 0.5) is 0 Å². The van der Waals surface area contributed by atoms with Crippen molar-refractivity contribution in [1.29, 1.82) is 0 Å². The average Bonchev–Trinajstić information content (AvgIpc) is 2.97. The van der Waals surface area contributed by atoms with Crippen LogP contribution in [0, 0.1) is 0 Å². The van der Waals surface area contributed by atoms with Gasteiger partial charge in [0.25, 0.3) is 0 Å². The summed E-state index contributed by atoms with van der Waals surface area (Å²) in [6.07, 6.45) is 2.87. The molecule has 0 saturated carbocycles. The van der Waals surface area contributed by atoms with E-state index < -0.39 is 0 Å². The molecule has 0 radical (unpaired) electrons. The molecule has 27 heavy (non-hydrogen) atoms. The highest BCUT2D eigenvalue weighted by Gasteiger charge is 2.31. The third-order valence-corrected chi connectivity index (χ3v) is 7.83. The lowest BCUT2D eigenvalue weighted by Gasteiger charge is -2.30. The van der Waals surface area contributed by atoms with E-state index in [4.69, 9.17) is 37.9 Å². The fourth-order valence-electron chi connectivity index (χ4n) is 3.10. The van der Waals surface area contributed by atoms with Crippen LogP contribution in [-0.4, -0.2) is 21.8 Å². The first kappa shape index (κ1) is 19.8. The Morgan fingerprint density at radius 2 is 1.96 bits per heavy atom. The number of rotatable bonds is 4. The Morgan fingerprint density at radius 1 is 1.22 bits per heavy atom. The van der Waals surface area contributed by atoms with Crippen LogP contribution in [0.2, 0.25) is 10.0 Å². The van der Waals surface area contributed by atoms with Crippen molar-refractivity contribution in [3.05, 3.63) is 44.2 Å². The lowest BCUT2D eigenvalue weighted by atomic mass is 9.95. The Labute approximate surface area is 181 Å². The van der Waals surface area contributed by atoms with Gasteiger partial charge in [0.05, 0.1) is 12.2 Å². The van der Waals surface area contributed by atoms with Gasteiger partial charge in [0.15, 0.2) is 5.16 Å². The van der Waals surface area contributed by atoms with Crippen LogP contribution in [0.3, 0.4) is 0 Å². The first-order valence-electron chi connectivity index (χ1n) is 8.44. The minimum atomic E-state index is -0.173. The fraction of sp³-hybridized carbons (Fsp3) is 0.368. The van der Waals surface area contributed by atoms with Crippen molar-refractivity contribution in [3.8, 4) is 0 Å².